The van der Waals surface area contributed by atoms with Crippen LogP contribution in [0.15, 0.2) is 48.1 Å². The largest absolute Gasteiger partial charge is 0.458 e. The zero-order chi connectivity index (χ0) is 19.9. The van der Waals surface area contributed by atoms with Gasteiger partial charge in [0.25, 0.3) is 0 Å². The highest BCUT2D eigenvalue weighted by Crippen LogP contribution is 2.49. The summed E-state index contributed by atoms with van der Waals surface area (Å²) in [7, 11) is 0. The third-order valence-electron chi connectivity index (χ3n) is 5.91. The highest BCUT2D eigenvalue weighted by molar-refractivity contribution is 5.91. The van der Waals surface area contributed by atoms with Gasteiger partial charge in [-0.1, -0.05) is 12.7 Å². The number of rotatable bonds is 3. The quantitative estimate of drug-likeness (QED) is 0.343. The third-order valence-corrected chi connectivity index (χ3v) is 5.91. The standard InChI is InChI=1S/C22H23FO5/c1-13-17-10-5-14(12-26-21(25)15-6-8-16(23)9-7-15)4-3-11-22(2)19(28-22)18(17)27-20(13)24/h4,6-9,17-19H,1,3,5,10-12H2,2H3/b14-4+/t17-,18-,19+,22+/m0/s1. The van der Waals surface area contributed by atoms with Crippen molar-refractivity contribution in [1.29, 1.82) is 0 Å². The first-order valence-corrected chi connectivity index (χ1v) is 9.55. The Morgan fingerprint density at radius 2 is 2.11 bits per heavy atom. The van der Waals surface area contributed by atoms with E-state index < -0.39 is 11.8 Å². The van der Waals surface area contributed by atoms with Gasteiger partial charge in [-0.2, -0.15) is 0 Å². The van der Waals surface area contributed by atoms with E-state index in [9.17, 15) is 14.0 Å². The van der Waals surface area contributed by atoms with Gasteiger partial charge in [0.05, 0.1) is 11.2 Å². The maximum absolute atomic E-state index is 13.0. The van der Waals surface area contributed by atoms with Crippen LogP contribution in [0.2, 0.25) is 0 Å². The number of esters is 2. The molecule has 2 fully saturated rings. The number of carbonyl (C=O) groups is 2. The molecule has 6 heteroatoms. The van der Waals surface area contributed by atoms with Crippen LogP contribution in [-0.2, 0) is 19.0 Å². The molecule has 1 aliphatic carbocycles. The molecular formula is C22H23FO5. The van der Waals surface area contributed by atoms with Crippen LogP contribution in [0.25, 0.3) is 0 Å². The SMILES string of the molecule is C=C1C(=O)O[C@@H]2[C@H]3O[C@]3(C)CC/C=C(/COC(=O)c3ccc(F)cc3)CC[C@@H]12. The molecule has 2 saturated heterocycles. The maximum Gasteiger partial charge on any atom is 0.338 e. The fraction of sp³-hybridized carbons (Fsp3) is 0.455. The Kier molecular flexibility index (Phi) is 4.83. The van der Waals surface area contributed by atoms with Crippen molar-refractivity contribution in [3.05, 3.63) is 59.4 Å². The number of allylic oxidation sites excluding steroid dienone is 1. The average Bonchev–Trinajstić information content (AvgIpc) is 3.26. The summed E-state index contributed by atoms with van der Waals surface area (Å²) in [4.78, 5) is 24.2. The Hall–Kier alpha value is -2.47. The highest BCUT2D eigenvalue weighted by atomic mass is 19.1. The van der Waals surface area contributed by atoms with E-state index in [1.165, 1.54) is 24.3 Å². The molecule has 0 radical (unpaired) electrons. The van der Waals surface area contributed by atoms with Crippen molar-refractivity contribution in [2.75, 3.05) is 6.61 Å². The lowest BCUT2D eigenvalue weighted by atomic mass is 9.84. The van der Waals surface area contributed by atoms with Crippen molar-refractivity contribution in [3.8, 4) is 0 Å². The molecule has 0 bridgehead atoms. The topological polar surface area (TPSA) is 65.1 Å². The predicted octanol–water partition coefficient (Wildman–Crippen LogP) is 3.74. The summed E-state index contributed by atoms with van der Waals surface area (Å²) in [5.41, 5.74) is 1.50. The lowest BCUT2D eigenvalue weighted by Gasteiger charge is -2.20. The van der Waals surface area contributed by atoms with Gasteiger partial charge in [0.15, 0.2) is 0 Å². The molecular weight excluding hydrogens is 363 g/mol. The van der Waals surface area contributed by atoms with Gasteiger partial charge in [0.1, 0.15) is 24.6 Å². The van der Waals surface area contributed by atoms with Gasteiger partial charge in [-0.25, -0.2) is 14.0 Å². The minimum absolute atomic E-state index is 0.0769. The average molecular weight is 386 g/mol. The molecule has 0 saturated carbocycles. The highest BCUT2D eigenvalue weighted by Gasteiger charge is 2.61. The van der Waals surface area contributed by atoms with Crippen molar-refractivity contribution < 1.29 is 28.2 Å². The number of fused-ring (bicyclic) bond motifs is 3. The van der Waals surface area contributed by atoms with Crippen LogP contribution in [0.1, 0.15) is 43.0 Å². The summed E-state index contributed by atoms with van der Waals surface area (Å²) in [6, 6.07) is 5.27. The number of benzene rings is 1. The van der Waals surface area contributed by atoms with Crippen LogP contribution in [0, 0.1) is 11.7 Å². The summed E-state index contributed by atoms with van der Waals surface area (Å²) in [5.74, 6) is -1.32. The first-order valence-electron chi connectivity index (χ1n) is 9.55. The van der Waals surface area contributed by atoms with E-state index in [2.05, 4.69) is 12.7 Å². The molecule has 1 aromatic carbocycles. The normalized spacial score (nSPS) is 33.8. The fourth-order valence-electron chi connectivity index (χ4n) is 4.08. The lowest BCUT2D eigenvalue weighted by Crippen LogP contribution is -2.29. The molecule has 2 aliphatic heterocycles. The van der Waals surface area contributed by atoms with Gasteiger partial charge < -0.3 is 14.2 Å². The van der Waals surface area contributed by atoms with Gasteiger partial charge in [0.2, 0.25) is 0 Å². The van der Waals surface area contributed by atoms with Gasteiger partial charge in [-0.3, -0.25) is 0 Å². The number of epoxide rings is 1. The van der Waals surface area contributed by atoms with Crippen molar-refractivity contribution in [2.45, 2.75) is 50.4 Å². The van der Waals surface area contributed by atoms with E-state index in [1.807, 2.05) is 6.92 Å². The fourth-order valence-corrected chi connectivity index (χ4v) is 4.08. The number of ether oxygens (including phenoxy) is 3. The van der Waals surface area contributed by atoms with Crippen molar-refractivity contribution >= 4 is 11.9 Å². The van der Waals surface area contributed by atoms with Crippen molar-refractivity contribution in [3.63, 3.8) is 0 Å². The van der Waals surface area contributed by atoms with Crippen LogP contribution < -0.4 is 0 Å². The first-order chi connectivity index (χ1) is 13.4. The minimum atomic E-state index is -0.489. The molecule has 0 unspecified atom stereocenters. The number of hydrogen-bond acceptors (Lipinski definition) is 5. The summed E-state index contributed by atoms with van der Waals surface area (Å²) >= 11 is 0. The van der Waals surface area contributed by atoms with Gasteiger partial charge in [-0.05, 0) is 62.4 Å². The maximum atomic E-state index is 13.0. The van der Waals surface area contributed by atoms with Gasteiger partial charge in [-0.15, -0.1) is 0 Å². The zero-order valence-electron chi connectivity index (χ0n) is 15.8. The Balaban J connectivity index is 1.43. The van der Waals surface area contributed by atoms with Crippen LogP contribution in [0.3, 0.4) is 0 Å². The van der Waals surface area contributed by atoms with Crippen LogP contribution in [-0.4, -0.2) is 36.4 Å². The summed E-state index contributed by atoms with van der Waals surface area (Å²) < 4.78 is 29.8. The number of carbonyl (C=O) groups excluding carboxylic acids is 2. The molecule has 2 heterocycles. The summed E-state index contributed by atoms with van der Waals surface area (Å²) in [6.45, 7) is 6.10. The van der Waals surface area contributed by atoms with Crippen molar-refractivity contribution in [1.82, 2.24) is 0 Å². The van der Waals surface area contributed by atoms with Crippen LogP contribution in [0.5, 0.6) is 0 Å². The zero-order valence-corrected chi connectivity index (χ0v) is 15.8. The summed E-state index contributed by atoms with van der Waals surface area (Å²) in [5, 5.41) is 0. The van der Waals surface area contributed by atoms with Crippen LogP contribution >= 0.6 is 0 Å². The van der Waals surface area contributed by atoms with Gasteiger partial charge >= 0.3 is 11.9 Å². The first kappa shape index (κ1) is 18.9. The lowest BCUT2D eigenvalue weighted by molar-refractivity contribution is -0.140. The predicted molar refractivity (Wildman–Crippen MR) is 99.0 cm³/mol. The molecule has 5 nitrogen and oxygen atoms in total. The minimum Gasteiger partial charge on any atom is -0.458 e. The van der Waals surface area contributed by atoms with E-state index >= 15 is 0 Å². The Morgan fingerprint density at radius 1 is 1.36 bits per heavy atom. The van der Waals surface area contributed by atoms with Gasteiger partial charge in [0, 0.05) is 11.5 Å². The molecule has 0 aromatic heterocycles. The van der Waals surface area contributed by atoms with E-state index in [-0.39, 0.29) is 36.3 Å². The molecule has 0 spiro atoms. The number of hydrogen-bond donors (Lipinski definition) is 0. The Labute approximate surface area is 163 Å². The summed E-state index contributed by atoms with van der Waals surface area (Å²) in [6.07, 6.45) is 4.69. The molecule has 3 aliphatic rings. The second kappa shape index (κ2) is 7.17. The van der Waals surface area contributed by atoms with Crippen LogP contribution in [0.4, 0.5) is 4.39 Å². The molecule has 148 valence electrons. The van der Waals surface area contributed by atoms with E-state index in [0.29, 0.717) is 24.0 Å². The smallest absolute Gasteiger partial charge is 0.338 e. The van der Waals surface area contributed by atoms with E-state index in [0.717, 1.165) is 18.4 Å². The van der Waals surface area contributed by atoms with E-state index in [1.54, 1.807) is 0 Å². The monoisotopic (exact) mass is 386 g/mol. The molecule has 4 atom stereocenters. The Morgan fingerprint density at radius 3 is 2.86 bits per heavy atom. The molecule has 4 rings (SSSR count). The Bertz CT molecular complexity index is 843. The molecule has 0 N–H and O–H groups in total. The molecule has 1 aromatic rings. The van der Waals surface area contributed by atoms with Crippen molar-refractivity contribution in [2.24, 2.45) is 5.92 Å². The molecule has 0 amide bonds. The number of halogens is 1. The second-order valence-corrected chi connectivity index (χ2v) is 7.88. The third kappa shape index (κ3) is 3.61. The second-order valence-electron chi connectivity index (χ2n) is 7.88. The molecule has 28 heavy (non-hydrogen) atoms. The van der Waals surface area contributed by atoms with E-state index in [4.69, 9.17) is 14.2 Å².